The van der Waals surface area contributed by atoms with Crippen molar-refractivity contribution in [3.63, 3.8) is 0 Å². The van der Waals surface area contributed by atoms with Gasteiger partial charge in [0.1, 0.15) is 0 Å². The Hall–Kier alpha value is -2.40. The number of hydrogen-bond acceptors (Lipinski definition) is 3. The number of benzene rings is 2. The molecule has 1 aliphatic rings. The zero-order chi connectivity index (χ0) is 21.5. The molecule has 0 saturated carbocycles. The smallest absolute Gasteiger partial charge is 0.261 e. The lowest BCUT2D eigenvalue weighted by Gasteiger charge is -2.43. The number of allylic oxidation sites excluding steroid dienone is 2. The van der Waals surface area contributed by atoms with E-state index in [1.165, 1.54) is 10.4 Å². The Kier molecular flexibility index (Phi) is 7.48. The SMILES string of the molecule is C=C[C@H](CCO[Si](c1ccccc1)(c1ccccc1)C(C)(C)C)O[C@@H]1C=CC=CO1. The Morgan fingerprint density at radius 2 is 1.60 bits per heavy atom. The van der Waals surface area contributed by atoms with E-state index in [2.05, 4.69) is 88.0 Å². The predicted molar refractivity (Wildman–Crippen MR) is 126 cm³/mol. The van der Waals surface area contributed by atoms with Crippen LogP contribution in [0.15, 0.2) is 97.8 Å². The molecule has 3 rings (SSSR count). The number of ether oxygens (including phenoxy) is 2. The maximum Gasteiger partial charge on any atom is 0.261 e. The van der Waals surface area contributed by atoms with Gasteiger partial charge in [-0.3, -0.25) is 0 Å². The third-order valence-corrected chi connectivity index (χ3v) is 10.4. The molecular weight excluding hydrogens is 388 g/mol. The Balaban J connectivity index is 1.83. The maximum absolute atomic E-state index is 6.93. The van der Waals surface area contributed by atoms with E-state index >= 15 is 0 Å². The third kappa shape index (κ3) is 5.01. The molecule has 0 radical (unpaired) electrons. The Bertz CT molecular complexity index is 813. The minimum Gasteiger partial charge on any atom is -0.469 e. The van der Waals surface area contributed by atoms with E-state index in [0.717, 1.165) is 0 Å². The largest absolute Gasteiger partial charge is 0.469 e. The van der Waals surface area contributed by atoms with Gasteiger partial charge in [0.2, 0.25) is 6.29 Å². The van der Waals surface area contributed by atoms with Crippen molar-refractivity contribution in [1.82, 2.24) is 0 Å². The van der Waals surface area contributed by atoms with E-state index in [4.69, 9.17) is 13.9 Å². The van der Waals surface area contributed by atoms with Crippen LogP contribution in [-0.4, -0.2) is 27.3 Å². The summed E-state index contributed by atoms with van der Waals surface area (Å²) in [4.78, 5) is 0. The lowest BCUT2D eigenvalue weighted by atomic mass is 10.2. The molecule has 0 fully saturated rings. The topological polar surface area (TPSA) is 27.7 Å². The average Bonchev–Trinajstić information content (AvgIpc) is 2.77. The molecule has 30 heavy (non-hydrogen) atoms. The van der Waals surface area contributed by atoms with Crippen molar-refractivity contribution < 1.29 is 13.9 Å². The molecule has 0 N–H and O–H groups in total. The van der Waals surface area contributed by atoms with Crippen LogP contribution in [0.4, 0.5) is 0 Å². The first-order valence-corrected chi connectivity index (χ1v) is 12.4. The summed E-state index contributed by atoms with van der Waals surface area (Å²) in [6, 6.07) is 21.4. The molecule has 0 saturated heterocycles. The minimum absolute atomic E-state index is 0.0414. The van der Waals surface area contributed by atoms with Crippen LogP contribution in [0.25, 0.3) is 0 Å². The second kappa shape index (κ2) is 10.1. The van der Waals surface area contributed by atoms with Crippen molar-refractivity contribution in [2.75, 3.05) is 6.61 Å². The molecule has 3 nitrogen and oxygen atoms in total. The van der Waals surface area contributed by atoms with Gasteiger partial charge in [-0.15, -0.1) is 6.58 Å². The lowest BCUT2D eigenvalue weighted by molar-refractivity contribution is -0.101. The fourth-order valence-corrected chi connectivity index (χ4v) is 8.53. The normalized spacial score (nSPS) is 17.4. The van der Waals surface area contributed by atoms with Crippen molar-refractivity contribution in [3.8, 4) is 0 Å². The van der Waals surface area contributed by atoms with Crippen molar-refractivity contribution in [2.24, 2.45) is 0 Å². The van der Waals surface area contributed by atoms with Crippen LogP contribution >= 0.6 is 0 Å². The van der Waals surface area contributed by atoms with Gasteiger partial charge in [-0.1, -0.05) is 93.6 Å². The van der Waals surface area contributed by atoms with Gasteiger partial charge in [-0.2, -0.15) is 0 Å². The van der Waals surface area contributed by atoms with Gasteiger partial charge in [0.05, 0.1) is 12.4 Å². The van der Waals surface area contributed by atoms with Crippen LogP contribution < -0.4 is 10.4 Å². The summed E-state index contributed by atoms with van der Waals surface area (Å²) in [7, 11) is -2.53. The molecule has 4 heteroatoms. The number of hydrogen-bond donors (Lipinski definition) is 0. The van der Waals surface area contributed by atoms with Gasteiger partial charge in [0.15, 0.2) is 0 Å². The van der Waals surface area contributed by atoms with E-state index in [0.29, 0.717) is 13.0 Å². The highest BCUT2D eigenvalue weighted by atomic mass is 28.4. The number of rotatable bonds is 9. The minimum atomic E-state index is -2.53. The zero-order valence-electron chi connectivity index (χ0n) is 18.2. The molecule has 2 aromatic rings. The van der Waals surface area contributed by atoms with Gasteiger partial charge in [-0.05, 0) is 34.0 Å². The molecule has 1 heterocycles. The molecule has 0 aliphatic carbocycles. The first kappa shape index (κ1) is 22.3. The average molecular weight is 421 g/mol. The fraction of sp³-hybridized carbons (Fsp3) is 0.308. The van der Waals surface area contributed by atoms with Crippen molar-refractivity contribution >= 4 is 18.7 Å². The van der Waals surface area contributed by atoms with E-state index in [1.54, 1.807) is 6.26 Å². The molecule has 1 aliphatic heterocycles. The van der Waals surface area contributed by atoms with Crippen LogP contribution in [0.1, 0.15) is 27.2 Å². The van der Waals surface area contributed by atoms with Gasteiger partial charge in [0.25, 0.3) is 8.32 Å². The first-order valence-electron chi connectivity index (χ1n) is 10.5. The van der Waals surface area contributed by atoms with Gasteiger partial charge < -0.3 is 13.9 Å². The monoisotopic (exact) mass is 420 g/mol. The summed E-state index contributed by atoms with van der Waals surface area (Å²) >= 11 is 0. The second-order valence-electron chi connectivity index (χ2n) is 8.43. The summed E-state index contributed by atoms with van der Waals surface area (Å²) in [5, 5.41) is 2.52. The first-order chi connectivity index (χ1) is 14.5. The molecule has 2 aromatic carbocycles. The molecule has 2 atom stereocenters. The van der Waals surface area contributed by atoms with Crippen molar-refractivity contribution in [1.29, 1.82) is 0 Å². The standard InChI is InChI=1S/C26H32O3Si/c1-5-22(29-25-18-12-13-20-27-25)19-21-28-30(26(2,3)4,23-14-8-6-9-15-23)24-16-10-7-11-17-24/h5-18,20,22,25H,1,19,21H2,2-4H3/t22-,25-/m1/s1. The third-order valence-electron chi connectivity index (χ3n) is 5.38. The highest BCUT2D eigenvalue weighted by molar-refractivity contribution is 6.99. The Labute approximate surface area is 181 Å². The van der Waals surface area contributed by atoms with E-state index in [9.17, 15) is 0 Å². The summed E-state index contributed by atoms with van der Waals surface area (Å²) in [6.07, 6.45) is 9.30. The molecule has 0 unspecified atom stereocenters. The Morgan fingerprint density at radius 1 is 1.00 bits per heavy atom. The molecule has 0 bridgehead atoms. The predicted octanol–water partition coefficient (Wildman–Crippen LogP) is 4.95. The van der Waals surface area contributed by atoms with Gasteiger partial charge >= 0.3 is 0 Å². The van der Waals surface area contributed by atoms with E-state index in [1.807, 2.05) is 24.3 Å². The van der Waals surface area contributed by atoms with Crippen LogP contribution in [0.3, 0.4) is 0 Å². The van der Waals surface area contributed by atoms with Crippen LogP contribution in [0, 0.1) is 0 Å². The molecule has 0 spiro atoms. The second-order valence-corrected chi connectivity index (χ2v) is 12.7. The highest BCUT2D eigenvalue weighted by Crippen LogP contribution is 2.36. The summed E-state index contributed by atoms with van der Waals surface area (Å²) < 4.78 is 18.4. The summed E-state index contributed by atoms with van der Waals surface area (Å²) in [6.45, 7) is 11.4. The summed E-state index contributed by atoms with van der Waals surface area (Å²) in [5.74, 6) is 0. The zero-order valence-corrected chi connectivity index (χ0v) is 19.2. The maximum atomic E-state index is 6.93. The van der Waals surface area contributed by atoms with Crippen molar-refractivity contribution in [2.45, 2.75) is 44.6 Å². The highest BCUT2D eigenvalue weighted by Gasteiger charge is 2.50. The van der Waals surface area contributed by atoms with Gasteiger partial charge in [-0.25, -0.2) is 0 Å². The van der Waals surface area contributed by atoms with Gasteiger partial charge in [0, 0.05) is 6.61 Å². The van der Waals surface area contributed by atoms with E-state index in [-0.39, 0.29) is 17.4 Å². The fourth-order valence-electron chi connectivity index (χ4n) is 3.95. The summed E-state index contributed by atoms with van der Waals surface area (Å²) in [5.41, 5.74) is 0. The lowest BCUT2D eigenvalue weighted by Crippen LogP contribution is -2.66. The quantitative estimate of drug-likeness (QED) is 0.424. The van der Waals surface area contributed by atoms with Crippen LogP contribution in [0.5, 0.6) is 0 Å². The van der Waals surface area contributed by atoms with Crippen LogP contribution in [0.2, 0.25) is 5.04 Å². The molecule has 158 valence electrons. The molecular formula is C26H32O3Si. The van der Waals surface area contributed by atoms with Crippen molar-refractivity contribution in [3.05, 3.63) is 97.8 Å². The Morgan fingerprint density at radius 3 is 2.07 bits per heavy atom. The molecule has 0 aromatic heterocycles. The van der Waals surface area contributed by atoms with E-state index < -0.39 is 8.32 Å². The van der Waals surface area contributed by atoms with Crippen LogP contribution in [-0.2, 0) is 13.9 Å². The molecule has 0 amide bonds.